The minimum atomic E-state index is 0.186. The second-order valence-corrected chi connectivity index (χ2v) is 4.36. The highest BCUT2D eigenvalue weighted by molar-refractivity contribution is 5.78. The predicted molar refractivity (Wildman–Crippen MR) is 67.1 cm³/mol. The Morgan fingerprint density at radius 1 is 1.35 bits per heavy atom. The molecule has 0 amide bonds. The van der Waals surface area contributed by atoms with E-state index in [0.717, 1.165) is 25.3 Å². The topological polar surface area (TPSA) is 85.7 Å². The predicted octanol–water partition coefficient (Wildman–Crippen LogP) is 1.25. The minimum absolute atomic E-state index is 0.186. The third kappa shape index (κ3) is 2.56. The number of hydrogen-bond donors (Lipinski definition) is 3. The van der Waals surface area contributed by atoms with Crippen molar-refractivity contribution in [1.82, 2.24) is 9.97 Å². The molecule has 1 aromatic rings. The molecule has 2 rings (SSSR count). The summed E-state index contributed by atoms with van der Waals surface area (Å²) in [5, 5.41) is 18.5. The zero-order chi connectivity index (χ0) is 12.3. The Morgan fingerprint density at radius 2 is 2.12 bits per heavy atom. The summed E-state index contributed by atoms with van der Waals surface area (Å²) >= 11 is 0. The van der Waals surface area contributed by atoms with Crippen LogP contribution < -0.4 is 16.0 Å². The van der Waals surface area contributed by atoms with Crippen LogP contribution in [0.25, 0.3) is 0 Å². The molecule has 6 heteroatoms. The molecule has 3 N–H and O–H groups in total. The van der Waals surface area contributed by atoms with Crippen LogP contribution >= 0.6 is 0 Å². The van der Waals surface area contributed by atoms with Gasteiger partial charge in [0.25, 0.3) is 0 Å². The van der Waals surface area contributed by atoms with Gasteiger partial charge in [0.05, 0.1) is 0 Å². The summed E-state index contributed by atoms with van der Waals surface area (Å²) < 4.78 is 0. The average Bonchev–Trinajstić information content (AvgIpc) is 2.35. The molecule has 0 fully saturated rings. The van der Waals surface area contributed by atoms with E-state index >= 15 is 0 Å². The van der Waals surface area contributed by atoms with Crippen molar-refractivity contribution in [3.63, 3.8) is 0 Å². The number of hydrogen-bond acceptors (Lipinski definition) is 6. The summed E-state index contributed by atoms with van der Waals surface area (Å²) in [6.45, 7) is 6.70. The van der Waals surface area contributed by atoms with Gasteiger partial charge >= 0.3 is 0 Å². The molecule has 1 aliphatic rings. The number of nitriles is 1. The van der Waals surface area contributed by atoms with Crippen LogP contribution in [0.2, 0.25) is 0 Å². The van der Waals surface area contributed by atoms with Gasteiger partial charge in [0.2, 0.25) is 5.82 Å². The third-order valence-corrected chi connectivity index (χ3v) is 2.41. The van der Waals surface area contributed by atoms with Crippen LogP contribution in [0.15, 0.2) is 0 Å². The molecule has 90 valence electrons. The van der Waals surface area contributed by atoms with Crippen LogP contribution in [0.5, 0.6) is 0 Å². The molecule has 0 spiro atoms. The van der Waals surface area contributed by atoms with Crippen LogP contribution in [0.1, 0.15) is 19.7 Å². The van der Waals surface area contributed by atoms with Crippen molar-refractivity contribution in [3.8, 4) is 6.07 Å². The second kappa shape index (κ2) is 4.87. The van der Waals surface area contributed by atoms with Gasteiger partial charge in [-0.3, -0.25) is 0 Å². The summed E-state index contributed by atoms with van der Waals surface area (Å²) in [4.78, 5) is 8.32. The van der Waals surface area contributed by atoms with E-state index < -0.39 is 0 Å². The fourth-order valence-electron chi connectivity index (χ4n) is 1.60. The summed E-state index contributed by atoms with van der Waals surface area (Å²) in [7, 11) is 0. The molecule has 17 heavy (non-hydrogen) atoms. The molecular weight excluding hydrogens is 216 g/mol. The van der Waals surface area contributed by atoms with Crippen molar-refractivity contribution in [2.75, 3.05) is 35.6 Å². The monoisotopic (exact) mass is 232 g/mol. The number of aromatic nitrogens is 2. The lowest BCUT2D eigenvalue weighted by atomic mass is 10.2. The first-order chi connectivity index (χ1) is 8.20. The summed E-state index contributed by atoms with van der Waals surface area (Å²) in [6, 6.07) is 1.98. The molecule has 0 atom stereocenters. The van der Waals surface area contributed by atoms with Gasteiger partial charge in [-0.05, 0) is 5.92 Å². The standard InChI is InChI=1S/C11H16N6/c1-7(2)6-15-11-9-10(14-4-3-13-9)16-8(5-12)17-11/h7,13H,3-4,6H2,1-2H3,(H2,14,15,16,17). The largest absolute Gasteiger partial charge is 0.377 e. The highest BCUT2D eigenvalue weighted by Crippen LogP contribution is 2.29. The lowest BCUT2D eigenvalue weighted by molar-refractivity contribution is 0.686. The van der Waals surface area contributed by atoms with Crippen molar-refractivity contribution in [3.05, 3.63) is 5.82 Å². The highest BCUT2D eigenvalue weighted by Gasteiger charge is 2.17. The van der Waals surface area contributed by atoms with Crippen molar-refractivity contribution in [2.45, 2.75) is 13.8 Å². The van der Waals surface area contributed by atoms with E-state index in [-0.39, 0.29) is 5.82 Å². The van der Waals surface area contributed by atoms with E-state index in [1.165, 1.54) is 0 Å². The lowest BCUT2D eigenvalue weighted by Crippen LogP contribution is -2.24. The number of rotatable bonds is 3. The first-order valence-electron chi connectivity index (χ1n) is 5.74. The quantitative estimate of drug-likeness (QED) is 0.727. The van der Waals surface area contributed by atoms with Crippen LogP contribution in [0.4, 0.5) is 17.3 Å². The average molecular weight is 232 g/mol. The van der Waals surface area contributed by atoms with Crippen LogP contribution in [0, 0.1) is 17.2 Å². The van der Waals surface area contributed by atoms with Gasteiger partial charge in [-0.1, -0.05) is 13.8 Å². The van der Waals surface area contributed by atoms with Crippen molar-refractivity contribution < 1.29 is 0 Å². The number of fused-ring (bicyclic) bond motifs is 1. The second-order valence-electron chi connectivity index (χ2n) is 4.36. The number of nitrogens with zero attached hydrogens (tertiary/aromatic N) is 3. The summed E-state index contributed by atoms with van der Waals surface area (Å²) in [5.74, 6) is 2.11. The maximum absolute atomic E-state index is 8.89. The zero-order valence-corrected chi connectivity index (χ0v) is 10.0. The molecule has 0 bridgehead atoms. The van der Waals surface area contributed by atoms with E-state index in [9.17, 15) is 0 Å². The van der Waals surface area contributed by atoms with Crippen LogP contribution in [-0.2, 0) is 0 Å². The van der Waals surface area contributed by atoms with E-state index in [1.54, 1.807) is 0 Å². The molecule has 0 aliphatic carbocycles. The Kier molecular flexibility index (Phi) is 3.28. The van der Waals surface area contributed by atoms with Gasteiger partial charge in [-0.25, -0.2) is 0 Å². The smallest absolute Gasteiger partial charge is 0.236 e. The lowest BCUT2D eigenvalue weighted by Gasteiger charge is -2.22. The van der Waals surface area contributed by atoms with Gasteiger partial charge in [0.15, 0.2) is 11.6 Å². The van der Waals surface area contributed by atoms with Gasteiger partial charge in [-0.15, -0.1) is 0 Å². The molecule has 2 heterocycles. The molecular formula is C11H16N6. The van der Waals surface area contributed by atoms with E-state index in [4.69, 9.17) is 5.26 Å². The molecule has 0 aromatic carbocycles. The molecule has 0 radical (unpaired) electrons. The first kappa shape index (κ1) is 11.5. The fourth-order valence-corrected chi connectivity index (χ4v) is 1.60. The summed E-state index contributed by atoms with van der Waals surface area (Å²) in [5.41, 5.74) is 0.857. The third-order valence-electron chi connectivity index (χ3n) is 2.41. The molecule has 0 unspecified atom stereocenters. The molecule has 1 aliphatic heterocycles. The van der Waals surface area contributed by atoms with Crippen molar-refractivity contribution in [1.29, 1.82) is 5.26 Å². The molecule has 0 saturated heterocycles. The Morgan fingerprint density at radius 3 is 2.82 bits per heavy atom. The number of anilines is 3. The van der Waals surface area contributed by atoms with Gasteiger partial charge in [0, 0.05) is 19.6 Å². The van der Waals surface area contributed by atoms with Crippen molar-refractivity contribution in [2.24, 2.45) is 5.92 Å². The Hall–Kier alpha value is -2.03. The van der Waals surface area contributed by atoms with Crippen LogP contribution in [-0.4, -0.2) is 29.6 Å². The highest BCUT2D eigenvalue weighted by atomic mass is 15.2. The molecule has 0 saturated carbocycles. The van der Waals surface area contributed by atoms with Gasteiger partial charge in [-0.2, -0.15) is 15.2 Å². The Bertz CT molecular complexity index is 448. The van der Waals surface area contributed by atoms with E-state index in [2.05, 4.69) is 39.8 Å². The van der Waals surface area contributed by atoms with Gasteiger partial charge in [0.1, 0.15) is 11.8 Å². The Labute approximate surface area is 100 Å². The van der Waals surface area contributed by atoms with Gasteiger partial charge < -0.3 is 16.0 Å². The number of nitrogens with one attached hydrogen (secondary N) is 3. The van der Waals surface area contributed by atoms with Crippen LogP contribution in [0.3, 0.4) is 0 Å². The molecule has 1 aromatic heterocycles. The Balaban J connectivity index is 2.31. The zero-order valence-electron chi connectivity index (χ0n) is 10.0. The maximum atomic E-state index is 8.89. The van der Waals surface area contributed by atoms with E-state index in [1.807, 2.05) is 6.07 Å². The fraction of sp³-hybridized carbons (Fsp3) is 0.545. The van der Waals surface area contributed by atoms with Crippen molar-refractivity contribution >= 4 is 17.3 Å². The minimum Gasteiger partial charge on any atom is -0.377 e. The summed E-state index contributed by atoms with van der Waals surface area (Å²) in [6.07, 6.45) is 0. The SMILES string of the molecule is CC(C)CNc1nc(C#N)nc2c1NCCN2. The maximum Gasteiger partial charge on any atom is 0.236 e. The first-order valence-corrected chi connectivity index (χ1v) is 5.74. The molecule has 6 nitrogen and oxygen atoms in total. The van der Waals surface area contributed by atoms with E-state index in [0.29, 0.717) is 17.6 Å². The normalized spacial score (nSPS) is 13.3.